The molecule has 0 aliphatic carbocycles. The zero-order chi connectivity index (χ0) is 14.0. The van der Waals surface area contributed by atoms with Crippen LogP contribution in [0, 0.1) is 5.82 Å². The number of rotatable bonds is 3. The van der Waals surface area contributed by atoms with Crippen molar-refractivity contribution in [1.82, 2.24) is 20.3 Å². The van der Waals surface area contributed by atoms with Gasteiger partial charge in [-0.25, -0.2) is 9.07 Å². The van der Waals surface area contributed by atoms with E-state index in [-0.39, 0.29) is 5.69 Å². The predicted molar refractivity (Wildman–Crippen MR) is 59.1 cm³/mol. The molecule has 0 amide bonds. The summed E-state index contributed by atoms with van der Waals surface area (Å²) < 4.78 is 52.0. The highest BCUT2D eigenvalue weighted by atomic mass is 19.4. The van der Waals surface area contributed by atoms with Gasteiger partial charge in [0.2, 0.25) is 0 Å². The third kappa shape index (κ3) is 2.90. The molecule has 0 fully saturated rings. The number of halogens is 4. The Kier molecular flexibility index (Phi) is 3.52. The molecule has 0 aliphatic heterocycles. The number of nitrogens with one attached hydrogen (secondary N) is 1. The van der Waals surface area contributed by atoms with Crippen molar-refractivity contribution in [2.75, 3.05) is 7.05 Å². The molecule has 0 spiro atoms. The van der Waals surface area contributed by atoms with Gasteiger partial charge in [0.25, 0.3) is 0 Å². The maximum atomic E-state index is 13.1. The minimum atomic E-state index is -4.74. The minimum Gasteiger partial charge on any atom is -0.314 e. The first kappa shape index (κ1) is 13.5. The van der Waals surface area contributed by atoms with Crippen LogP contribution in [-0.2, 0) is 12.7 Å². The van der Waals surface area contributed by atoms with Crippen molar-refractivity contribution in [3.8, 4) is 5.69 Å². The van der Waals surface area contributed by atoms with E-state index >= 15 is 0 Å². The second kappa shape index (κ2) is 4.96. The number of nitrogens with zero attached hydrogens (tertiary/aromatic N) is 3. The average molecular weight is 274 g/mol. The normalized spacial score (nSPS) is 11.8. The number of aromatic nitrogens is 3. The molecule has 0 saturated heterocycles. The van der Waals surface area contributed by atoms with E-state index in [2.05, 4.69) is 15.6 Å². The largest absolute Gasteiger partial charge is 0.419 e. The second-order valence-electron chi connectivity index (χ2n) is 3.85. The Bertz CT molecular complexity index is 576. The van der Waals surface area contributed by atoms with Gasteiger partial charge >= 0.3 is 6.18 Å². The molecule has 2 rings (SSSR count). The van der Waals surface area contributed by atoms with E-state index in [4.69, 9.17) is 0 Å². The molecule has 1 heterocycles. The van der Waals surface area contributed by atoms with Crippen molar-refractivity contribution in [1.29, 1.82) is 0 Å². The summed E-state index contributed by atoms with van der Waals surface area (Å²) in [6, 6.07) is 2.67. The predicted octanol–water partition coefficient (Wildman–Crippen LogP) is 2.14. The van der Waals surface area contributed by atoms with Gasteiger partial charge in [0, 0.05) is 6.54 Å². The van der Waals surface area contributed by atoms with Crippen LogP contribution in [0.25, 0.3) is 5.69 Å². The summed E-state index contributed by atoms with van der Waals surface area (Å²) in [6.45, 7) is 0.438. The molecule has 1 aromatic heterocycles. The summed E-state index contributed by atoms with van der Waals surface area (Å²) in [6.07, 6.45) is -3.27. The molecular formula is C11H10F4N4. The third-order valence-electron chi connectivity index (χ3n) is 2.42. The van der Waals surface area contributed by atoms with Gasteiger partial charge in [0.15, 0.2) is 0 Å². The van der Waals surface area contributed by atoms with E-state index in [1.807, 2.05) is 0 Å². The lowest BCUT2D eigenvalue weighted by Crippen LogP contribution is -2.09. The lowest BCUT2D eigenvalue weighted by molar-refractivity contribution is -0.140. The third-order valence-corrected chi connectivity index (χ3v) is 2.42. The van der Waals surface area contributed by atoms with Gasteiger partial charge in [-0.1, -0.05) is 5.21 Å². The Hall–Kier alpha value is -1.96. The smallest absolute Gasteiger partial charge is 0.314 e. The molecule has 8 heteroatoms. The summed E-state index contributed by atoms with van der Waals surface area (Å²) in [7, 11) is 1.71. The van der Waals surface area contributed by atoms with Crippen LogP contribution in [0.2, 0.25) is 0 Å². The Morgan fingerprint density at radius 1 is 1.32 bits per heavy atom. The topological polar surface area (TPSA) is 42.7 Å². The van der Waals surface area contributed by atoms with Crippen molar-refractivity contribution >= 4 is 0 Å². The Balaban J connectivity index is 2.39. The van der Waals surface area contributed by atoms with Crippen molar-refractivity contribution < 1.29 is 17.6 Å². The van der Waals surface area contributed by atoms with Crippen LogP contribution in [0.4, 0.5) is 17.6 Å². The molecule has 4 nitrogen and oxygen atoms in total. The monoisotopic (exact) mass is 274 g/mol. The molecule has 0 atom stereocenters. The minimum absolute atomic E-state index is 0.101. The zero-order valence-corrected chi connectivity index (χ0v) is 9.87. The van der Waals surface area contributed by atoms with Crippen LogP contribution in [-0.4, -0.2) is 22.0 Å². The lowest BCUT2D eigenvalue weighted by Gasteiger charge is -2.09. The summed E-state index contributed by atoms with van der Waals surface area (Å²) >= 11 is 0. The molecule has 1 aromatic carbocycles. The van der Waals surface area contributed by atoms with Gasteiger partial charge in [0.05, 0.1) is 23.1 Å². The van der Waals surface area contributed by atoms with Crippen molar-refractivity contribution in [2.45, 2.75) is 12.7 Å². The van der Waals surface area contributed by atoms with Crippen LogP contribution in [0.3, 0.4) is 0 Å². The van der Waals surface area contributed by atoms with E-state index in [1.54, 1.807) is 7.05 Å². The molecule has 0 aliphatic rings. The van der Waals surface area contributed by atoms with Crippen molar-refractivity contribution in [3.05, 3.63) is 41.5 Å². The van der Waals surface area contributed by atoms with E-state index < -0.39 is 17.6 Å². The van der Waals surface area contributed by atoms with Crippen LogP contribution in [0.1, 0.15) is 11.3 Å². The molecule has 19 heavy (non-hydrogen) atoms. The fraction of sp³-hybridized carbons (Fsp3) is 0.273. The molecule has 0 saturated carbocycles. The molecule has 0 unspecified atom stereocenters. The summed E-state index contributed by atoms with van der Waals surface area (Å²) in [5.41, 5.74) is -0.653. The Morgan fingerprint density at radius 2 is 2.05 bits per heavy atom. The van der Waals surface area contributed by atoms with Crippen LogP contribution in [0.15, 0.2) is 24.4 Å². The van der Waals surface area contributed by atoms with Gasteiger partial charge in [-0.15, -0.1) is 5.10 Å². The van der Waals surface area contributed by atoms with Gasteiger partial charge in [-0.05, 0) is 25.2 Å². The van der Waals surface area contributed by atoms with Crippen molar-refractivity contribution in [2.24, 2.45) is 0 Å². The highest BCUT2D eigenvalue weighted by Gasteiger charge is 2.34. The lowest BCUT2D eigenvalue weighted by atomic mass is 10.2. The molecule has 102 valence electrons. The Labute approximate surface area is 106 Å². The SMILES string of the molecule is CNCc1cn(-c2ccc(F)c(C(F)(F)F)c2)nn1. The van der Waals surface area contributed by atoms with Gasteiger partial charge < -0.3 is 5.32 Å². The summed E-state index contributed by atoms with van der Waals surface area (Å²) in [5, 5.41) is 10.3. The number of hydrogen-bond acceptors (Lipinski definition) is 3. The molecular weight excluding hydrogens is 264 g/mol. The quantitative estimate of drug-likeness (QED) is 0.872. The first-order valence-corrected chi connectivity index (χ1v) is 5.35. The molecule has 2 aromatic rings. The number of benzene rings is 1. The summed E-state index contributed by atoms with van der Waals surface area (Å²) in [4.78, 5) is 0. The van der Waals surface area contributed by atoms with E-state index in [0.717, 1.165) is 6.07 Å². The zero-order valence-electron chi connectivity index (χ0n) is 9.87. The van der Waals surface area contributed by atoms with Crippen LogP contribution < -0.4 is 5.32 Å². The molecule has 0 bridgehead atoms. The molecule has 0 radical (unpaired) electrons. The van der Waals surface area contributed by atoms with Gasteiger partial charge in [0.1, 0.15) is 5.82 Å². The highest BCUT2D eigenvalue weighted by molar-refractivity contribution is 5.37. The number of alkyl halides is 3. The fourth-order valence-corrected chi connectivity index (χ4v) is 1.56. The maximum Gasteiger partial charge on any atom is 0.419 e. The second-order valence-corrected chi connectivity index (χ2v) is 3.85. The fourth-order valence-electron chi connectivity index (χ4n) is 1.56. The Morgan fingerprint density at radius 3 is 2.68 bits per heavy atom. The standard InChI is InChI=1S/C11H10F4N4/c1-16-5-7-6-19(18-17-7)8-2-3-10(12)9(4-8)11(13,14)15/h2-4,6,16H,5H2,1H3. The van der Waals surface area contributed by atoms with Crippen LogP contribution >= 0.6 is 0 Å². The van der Waals surface area contributed by atoms with E-state index in [1.165, 1.54) is 16.9 Å². The first-order chi connectivity index (χ1) is 8.91. The first-order valence-electron chi connectivity index (χ1n) is 5.35. The van der Waals surface area contributed by atoms with Crippen LogP contribution in [0.5, 0.6) is 0 Å². The van der Waals surface area contributed by atoms with Crippen molar-refractivity contribution in [3.63, 3.8) is 0 Å². The van der Waals surface area contributed by atoms with Gasteiger partial charge in [-0.2, -0.15) is 13.2 Å². The van der Waals surface area contributed by atoms with E-state index in [0.29, 0.717) is 18.3 Å². The molecule has 1 N–H and O–H groups in total. The average Bonchev–Trinajstić information content (AvgIpc) is 2.77. The number of hydrogen-bond donors (Lipinski definition) is 1. The van der Waals surface area contributed by atoms with Gasteiger partial charge in [-0.3, -0.25) is 0 Å². The maximum absolute atomic E-state index is 13.1. The summed E-state index contributed by atoms with van der Waals surface area (Å²) in [5.74, 6) is -1.31. The van der Waals surface area contributed by atoms with E-state index in [9.17, 15) is 17.6 Å². The highest BCUT2D eigenvalue weighted by Crippen LogP contribution is 2.32.